The third-order valence-electron chi connectivity index (χ3n) is 6.23. The molecule has 5 nitrogen and oxygen atoms in total. The normalized spacial score (nSPS) is 11.3. The summed E-state index contributed by atoms with van der Waals surface area (Å²) in [5.74, 6) is 0.801. The highest BCUT2D eigenvalue weighted by atomic mass is 16.4. The molecule has 164 valence electrons. The van der Waals surface area contributed by atoms with E-state index in [1.54, 1.807) is 6.07 Å². The molecule has 0 saturated heterocycles. The number of hydrogen-bond donors (Lipinski definition) is 2. The van der Waals surface area contributed by atoms with Gasteiger partial charge in [-0.25, -0.2) is 4.58 Å². The molecular formula is C27H26BN2O3+. The topological polar surface area (TPSA) is 59.9 Å². The number of anilines is 1. The van der Waals surface area contributed by atoms with Crippen LogP contribution in [0.2, 0.25) is 0 Å². The molecule has 2 aliphatic rings. The molecule has 6 heteroatoms. The lowest BCUT2D eigenvalue weighted by Gasteiger charge is -2.19. The van der Waals surface area contributed by atoms with Gasteiger partial charge in [-0.15, -0.1) is 0 Å². The first kappa shape index (κ1) is 21.3. The standard InChI is InChI=1S/C27H26BN2O3/c1-29(2)17-11-13-22-25(15-17)33-26-16-18(30(3)4)12-14-23(26)27(22)21-9-5-8-20-19(21)7-6-10-24(20)28(31)32/h5-16,31-32H,1-4H3/q+1. The molecule has 0 fully saturated rings. The predicted molar refractivity (Wildman–Crippen MR) is 137 cm³/mol. The van der Waals surface area contributed by atoms with Crippen LogP contribution < -0.4 is 20.3 Å². The van der Waals surface area contributed by atoms with Crippen molar-refractivity contribution in [2.24, 2.45) is 0 Å². The van der Waals surface area contributed by atoms with Gasteiger partial charge < -0.3 is 19.4 Å². The molecule has 0 radical (unpaired) electrons. The fourth-order valence-corrected chi connectivity index (χ4v) is 4.49. The summed E-state index contributed by atoms with van der Waals surface area (Å²) < 4.78 is 8.49. The zero-order valence-corrected chi connectivity index (χ0v) is 19.2. The SMILES string of the molecule is CN(C)c1ccc2c(-c3cccc4c(B(O)O)cccc34)c3ccc(=[N+](C)C)cc-3oc2c1. The largest absolute Gasteiger partial charge is 0.489 e. The van der Waals surface area contributed by atoms with E-state index in [0.717, 1.165) is 55.2 Å². The Balaban J connectivity index is 1.95. The maximum atomic E-state index is 9.92. The summed E-state index contributed by atoms with van der Waals surface area (Å²) in [5, 5.41) is 23.7. The van der Waals surface area contributed by atoms with Crippen molar-refractivity contribution in [1.82, 2.24) is 4.58 Å². The van der Waals surface area contributed by atoms with E-state index in [9.17, 15) is 10.0 Å². The van der Waals surface area contributed by atoms with E-state index >= 15 is 0 Å². The Morgan fingerprint density at radius 2 is 1.55 bits per heavy atom. The van der Waals surface area contributed by atoms with E-state index in [0.29, 0.717) is 5.46 Å². The number of fused-ring (bicyclic) bond motifs is 3. The lowest BCUT2D eigenvalue weighted by molar-refractivity contribution is 0.426. The molecule has 0 amide bonds. The number of benzene rings is 4. The summed E-state index contributed by atoms with van der Waals surface area (Å²) in [4.78, 5) is 2.06. The van der Waals surface area contributed by atoms with Crippen LogP contribution in [0.15, 0.2) is 77.2 Å². The Morgan fingerprint density at radius 3 is 2.27 bits per heavy atom. The van der Waals surface area contributed by atoms with E-state index in [2.05, 4.69) is 51.9 Å². The lowest BCUT2D eigenvalue weighted by Crippen LogP contribution is -2.30. The molecule has 1 heterocycles. The second-order valence-electron chi connectivity index (χ2n) is 8.75. The molecule has 3 aromatic rings. The Morgan fingerprint density at radius 1 is 0.788 bits per heavy atom. The Labute approximate surface area is 192 Å². The lowest BCUT2D eigenvalue weighted by atomic mass is 9.76. The predicted octanol–water partition coefficient (Wildman–Crippen LogP) is 3.14. The van der Waals surface area contributed by atoms with Crippen LogP contribution in [0.5, 0.6) is 0 Å². The van der Waals surface area contributed by atoms with Crippen molar-refractivity contribution in [3.63, 3.8) is 0 Å². The van der Waals surface area contributed by atoms with Gasteiger partial charge in [0.25, 0.3) is 0 Å². The van der Waals surface area contributed by atoms with E-state index in [1.807, 2.05) is 52.5 Å². The highest BCUT2D eigenvalue weighted by molar-refractivity contribution is 6.62. The van der Waals surface area contributed by atoms with Gasteiger partial charge in [0.1, 0.15) is 25.4 Å². The Kier molecular flexibility index (Phi) is 5.20. The molecule has 0 unspecified atom stereocenters. The van der Waals surface area contributed by atoms with Gasteiger partial charge in [0.2, 0.25) is 5.36 Å². The molecule has 5 rings (SSSR count). The molecule has 33 heavy (non-hydrogen) atoms. The van der Waals surface area contributed by atoms with Crippen molar-refractivity contribution in [3.05, 3.63) is 78.2 Å². The third-order valence-corrected chi connectivity index (χ3v) is 6.23. The van der Waals surface area contributed by atoms with Gasteiger partial charge in [0, 0.05) is 48.4 Å². The summed E-state index contributed by atoms with van der Waals surface area (Å²) >= 11 is 0. The van der Waals surface area contributed by atoms with E-state index < -0.39 is 7.12 Å². The molecule has 0 spiro atoms. The first-order chi connectivity index (χ1) is 15.8. The zero-order chi connectivity index (χ0) is 23.3. The summed E-state index contributed by atoms with van der Waals surface area (Å²) in [7, 11) is 6.52. The maximum Gasteiger partial charge on any atom is 0.489 e. The quantitative estimate of drug-likeness (QED) is 0.259. The van der Waals surface area contributed by atoms with Gasteiger partial charge >= 0.3 is 7.12 Å². The third kappa shape index (κ3) is 3.57. The van der Waals surface area contributed by atoms with Crippen LogP contribution in [0.4, 0.5) is 5.69 Å². The average Bonchev–Trinajstić information content (AvgIpc) is 2.80. The van der Waals surface area contributed by atoms with E-state index in [4.69, 9.17) is 4.42 Å². The van der Waals surface area contributed by atoms with Crippen LogP contribution in [0.3, 0.4) is 0 Å². The smallest absolute Gasteiger partial charge is 0.456 e. The Hall–Kier alpha value is -3.61. The fraction of sp³-hybridized carbons (Fsp3) is 0.148. The Bertz CT molecular complexity index is 1550. The zero-order valence-electron chi connectivity index (χ0n) is 19.2. The van der Waals surface area contributed by atoms with Gasteiger partial charge in [-0.3, -0.25) is 0 Å². The van der Waals surface area contributed by atoms with Crippen LogP contribution in [0.25, 0.3) is 44.2 Å². The van der Waals surface area contributed by atoms with Crippen LogP contribution in [0, 0.1) is 0 Å². The van der Waals surface area contributed by atoms with Crippen molar-refractivity contribution >= 4 is 40.0 Å². The van der Waals surface area contributed by atoms with E-state index in [-0.39, 0.29) is 0 Å². The van der Waals surface area contributed by atoms with Gasteiger partial charge in [0.05, 0.1) is 6.07 Å². The monoisotopic (exact) mass is 437 g/mol. The minimum absolute atomic E-state index is 0.494. The van der Waals surface area contributed by atoms with Crippen molar-refractivity contribution in [2.75, 3.05) is 33.1 Å². The van der Waals surface area contributed by atoms with Crippen LogP contribution in [-0.4, -0.2) is 45.4 Å². The minimum Gasteiger partial charge on any atom is -0.456 e. The maximum absolute atomic E-state index is 9.92. The average molecular weight is 437 g/mol. The molecule has 0 aromatic heterocycles. The van der Waals surface area contributed by atoms with Crippen LogP contribution in [-0.2, 0) is 0 Å². The van der Waals surface area contributed by atoms with Gasteiger partial charge in [0.15, 0.2) is 0 Å². The molecule has 2 N–H and O–H groups in total. The molecule has 1 aliphatic heterocycles. The molecule has 0 saturated carbocycles. The van der Waals surface area contributed by atoms with Gasteiger partial charge in [-0.05, 0) is 40.0 Å². The number of hydrogen-bond acceptors (Lipinski definition) is 4. The highest BCUT2D eigenvalue weighted by Gasteiger charge is 2.21. The van der Waals surface area contributed by atoms with Gasteiger partial charge in [-0.2, -0.15) is 0 Å². The number of rotatable bonds is 3. The molecule has 0 atom stereocenters. The first-order valence-electron chi connectivity index (χ1n) is 10.9. The van der Waals surface area contributed by atoms with Crippen molar-refractivity contribution in [2.45, 2.75) is 0 Å². The molecule has 3 aromatic carbocycles. The van der Waals surface area contributed by atoms with Crippen LogP contribution in [0.1, 0.15) is 0 Å². The second kappa shape index (κ2) is 8.07. The first-order valence-corrected chi connectivity index (χ1v) is 10.9. The van der Waals surface area contributed by atoms with Crippen molar-refractivity contribution in [1.29, 1.82) is 0 Å². The molecule has 1 aliphatic carbocycles. The van der Waals surface area contributed by atoms with Crippen molar-refractivity contribution < 1.29 is 14.5 Å². The number of nitrogens with zero attached hydrogens (tertiary/aromatic N) is 2. The summed E-state index contributed by atoms with van der Waals surface area (Å²) in [5.41, 5.74) is 5.45. The minimum atomic E-state index is -1.53. The summed E-state index contributed by atoms with van der Waals surface area (Å²) in [6, 6.07) is 24.2. The van der Waals surface area contributed by atoms with Crippen LogP contribution >= 0.6 is 0 Å². The van der Waals surface area contributed by atoms with Gasteiger partial charge in [-0.1, -0.05) is 36.4 Å². The highest BCUT2D eigenvalue weighted by Crippen LogP contribution is 2.42. The summed E-state index contributed by atoms with van der Waals surface area (Å²) in [6.45, 7) is 0. The summed E-state index contributed by atoms with van der Waals surface area (Å²) in [6.07, 6.45) is 0. The second-order valence-corrected chi connectivity index (χ2v) is 8.75. The van der Waals surface area contributed by atoms with E-state index in [1.165, 1.54) is 0 Å². The molecule has 0 bridgehead atoms. The molecular weight excluding hydrogens is 411 g/mol. The van der Waals surface area contributed by atoms with Crippen molar-refractivity contribution in [3.8, 4) is 22.5 Å². The fourth-order valence-electron chi connectivity index (χ4n) is 4.49.